The summed E-state index contributed by atoms with van der Waals surface area (Å²) in [5.74, 6) is 0.653. The van der Waals surface area contributed by atoms with Crippen molar-refractivity contribution in [2.75, 3.05) is 6.61 Å². The highest BCUT2D eigenvalue weighted by molar-refractivity contribution is 7.98. The number of thioether (sulfide) groups is 1. The van der Waals surface area contributed by atoms with Crippen molar-refractivity contribution in [1.29, 1.82) is 0 Å². The number of nitrogens with zero attached hydrogens (tertiary/aromatic N) is 2. The summed E-state index contributed by atoms with van der Waals surface area (Å²) in [7, 11) is 0. The summed E-state index contributed by atoms with van der Waals surface area (Å²) >= 11 is 13.8. The molecule has 2 aromatic carbocycles. The van der Waals surface area contributed by atoms with Crippen LogP contribution in [0.3, 0.4) is 0 Å². The van der Waals surface area contributed by atoms with E-state index in [-0.39, 0.29) is 0 Å². The summed E-state index contributed by atoms with van der Waals surface area (Å²) in [5.41, 5.74) is 2.34. The number of ether oxygens (including phenoxy) is 1. The minimum atomic E-state index is -1.22. The summed E-state index contributed by atoms with van der Waals surface area (Å²) in [6.07, 6.45) is -4.22. The number of aliphatic hydroxyl groups is 3. The molecule has 1 aromatic heterocycles. The average Bonchev–Trinajstić information content (AvgIpc) is 3.18. The van der Waals surface area contributed by atoms with Crippen molar-refractivity contribution in [1.82, 2.24) is 9.55 Å². The van der Waals surface area contributed by atoms with Crippen LogP contribution in [0, 0.1) is 0 Å². The lowest BCUT2D eigenvalue weighted by Crippen LogP contribution is -2.33. The predicted octanol–water partition coefficient (Wildman–Crippen LogP) is 3.25. The molecular weight excluding hydrogens is 423 g/mol. The van der Waals surface area contributed by atoms with E-state index < -0.39 is 31.1 Å². The van der Waals surface area contributed by atoms with Crippen LogP contribution in [0.15, 0.2) is 47.6 Å². The van der Waals surface area contributed by atoms with E-state index in [2.05, 4.69) is 4.98 Å². The van der Waals surface area contributed by atoms with Gasteiger partial charge in [-0.25, -0.2) is 4.98 Å². The number of hydrogen-bond donors (Lipinski definition) is 3. The molecular formula is C19H18Cl2N2O4S. The molecule has 28 heavy (non-hydrogen) atoms. The summed E-state index contributed by atoms with van der Waals surface area (Å²) in [6.45, 7) is -0.402. The van der Waals surface area contributed by atoms with E-state index in [4.69, 9.17) is 27.9 Å². The van der Waals surface area contributed by atoms with Gasteiger partial charge in [0.15, 0.2) is 11.4 Å². The van der Waals surface area contributed by atoms with E-state index >= 15 is 0 Å². The SMILES string of the molecule is OCC1OC(n2c(SCc3ccccc3)nc3cc(Cl)c(Cl)cc32)C(O)C1O. The van der Waals surface area contributed by atoms with E-state index in [0.717, 1.165) is 5.56 Å². The van der Waals surface area contributed by atoms with Gasteiger partial charge in [-0.1, -0.05) is 65.3 Å². The monoisotopic (exact) mass is 440 g/mol. The van der Waals surface area contributed by atoms with Crippen molar-refractivity contribution in [3.05, 3.63) is 58.1 Å². The van der Waals surface area contributed by atoms with E-state index in [1.165, 1.54) is 11.8 Å². The first kappa shape index (κ1) is 20.0. The Labute approximate surface area is 175 Å². The average molecular weight is 441 g/mol. The van der Waals surface area contributed by atoms with Gasteiger partial charge in [-0.05, 0) is 17.7 Å². The van der Waals surface area contributed by atoms with Gasteiger partial charge < -0.3 is 20.1 Å². The maximum Gasteiger partial charge on any atom is 0.171 e. The van der Waals surface area contributed by atoms with Crippen molar-refractivity contribution >= 4 is 46.0 Å². The first-order valence-corrected chi connectivity index (χ1v) is 10.4. The summed E-state index contributed by atoms with van der Waals surface area (Å²) in [6, 6.07) is 13.2. The summed E-state index contributed by atoms with van der Waals surface area (Å²) in [5, 5.41) is 31.4. The molecule has 4 unspecified atom stereocenters. The second kappa shape index (κ2) is 8.20. The van der Waals surface area contributed by atoms with E-state index in [1.54, 1.807) is 16.7 Å². The molecule has 3 N–H and O–H groups in total. The standard InChI is InChI=1S/C19H18Cl2N2O4S/c20-11-6-13-14(7-12(11)21)23(18-17(26)16(25)15(8-24)27-18)19(22-13)28-9-10-4-2-1-3-5-10/h1-7,15-18,24-26H,8-9H2. The van der Waals surface area contributed by atoms with Crippen LogP contribution in [0.5, 0.6) is 0 Å². The Kier molecular flexibility index (Phi) is 5.85. The van der Waals surface area contributed by atoms with Gasteiger partial charge in [0.05, 0.1) is 27.7 Å². The van der Waals surface area contributed by atoms with Gasteiger partial charge in [-0.2, -0.15) is 0 Å². The van der Waals surface area contributed by atoms with Crippen molar-refractivity contribution in [2.45, 2.75) is 35.4 Å². The van der Waals surface area contributed by atoms with Crippen molar-refractivity contribution in [2.24, 2.45) is 0 Å². The molecule has 148 valence electrons. The maximum atomic E-state index is 10.5. The number of halogens is 2. The highest BCUT2D eigenvalue weighted by Crippen LogP contribution is 2.39. The third kappa shape index (κ3) is 3.64. The Bertz CT molecular complexity index is 985. The molecule has 0 amide bonds. The fourth-order valence-electron chi connectivity index (χ4n) is 3.23. The van der Waals surface area contributed by atoms with Crippen LogP contribution >= 0.6 is 35.0 Å². The number of fused-ring (bicyclic) bond motifs is 1. The van der Waals surface area contributed by atoms with Crippen molar-refractivity contribution in [3.8, 4) is 0 Å². The Morgan fingerprint density at radius 3 is 2.46 bits per heavy atom. The second-order valence-electron chi connectivity index (χ2n) is 6.52. The van der Waals surface area contributed by atoms with Crippen LogP contribution in [-0.2, 0) is 10.5 Å². The topological polar surface area (TPSA) is 87.7 Å². The lowest BCUT2D eigenvalue weighted by Gasteiger charge is -2.20. The Morgan fingerprint density at radius 2 is 1.79 bits per heavy atom. The number of aliphatic hydroxyl groups excluding tert-OH is 3. The largest absolute Gasteiger partial charge is 0.394 e. The van der Waals surface area contributed by atoms with Crippen LogP contribution in [0.4, 0.5) is 0 Å². The van der Waals surface area contributed by atoms with Gasteiger partial charge in [-0.3, -0.25) is 4.57 Å². The molecule has 9 heteroatoms. The molecule has 6 nitrogen and oxygen atoms in total. The van der Waals surface area contributed by atoms with Crippen LogP contribution in [0.2, 0.25) is 10.0 Å². The van der Waals surface area contributed by atoms with Gasteiger partial charge in [0.2, 0.25) is 0 Å². The van der Waals surface area contributed by atoms with E-state index in [9.17, 15) is 15.3 Å². The lowest BCUT2D eigenvalue weighted by molar-refractivity contribution is -0.0546. The highest BCUT2D eigenvalue weighted by atomic mass is 35.5. The maximum absolute atomic E-state index is 10.5. The van der Waals surface area contributed by atoms with E-state index in [1.807, 2.05) is 30.3 Å². The lowest BCUT2D eigenvalue weighted by atomic mass is 10.1. The van der Waals surface area contributed by atoms with Crippen LogP contribution in [-0.4, -0.2) is 49.8 Å². The predicted molar refractivity (Wildman–Crippen MR) is 109 cm³/mol. The smallest absolute Gasteiger partial charge is 0.171 e. The molecule has 2 heterocycles. The molecule has 1 saturated heterocycles. The molecule has 0 spiro atoms. The van der Waals surface area contributed by atoms with Crippen LogP contribution < -0.4 is 0 Å². The van der Waals surface area contributed by atoms with Gasteiger partial charge in [0.1, 0.15) is 18.3 Å². The molecule has 4 atom stereocenters. The first-order valence-electron chi connectivity index (χ1n) is 8.65. The molecule has 0 saturated carbocycles. The molecule has 1 aliphatic heterocycles. The number of benzene rings is 2. The molecule has 1 aliphatic rings. The molecule has 3 aromatic rings. The molecule has 0 radical (unpaired) electrons. The second-order valence-corrected chi connectivity index (χ2v) is 8.28. The molecule has 4 rings (SSSR count). The Hall–Kier alpha value is -1.32. The molecule has 0 aliphatic carbocycles. The third-order valence-electron chi connectivity index (χ3n) is 4.68. The van der Waals surface area contributed by atoms with Crippen molar-refractivity contribution < 1.29 is 20.1 Å². The fraction of sp³-hybridized carbons (Fsp3) is 0.316. The highest BCUT2D eigenvalue weighted by Gasteiger charge is 2.44. The number of imidazole rings is 1. The van der Waals surface area contributed by atoms with Gasteiger partial charge >= 0.3 is 0 Å². The number of hydrogen-bond acceptors (Lipinski definition) is 6. The zero-order valence-corrected chi connectivity index (χ0v) is 16.9. The van der Waals surface area contributed by atoms with Gasteiger partial charge in [0, 0.05) is 5.75 Å². The molecule has 0 bridgehead atoms. The first-order chi connectivity index (χ1) is 13.5. The fourth-order valence-corrected chi connectivity index (χ4v) is 4.54. The summed E-state index contributed by atoms with van der Waals surface area (Å²) < 4.78 is 7.44. The van der Waals surface area contributed by atoms with Crippen LogP contribution in [0.1, 0.15) is 11.8 Å². The number of aromatic nitrogens is 2. The third-order valence-corrected chi connectivity index (χ3v) is 6.43. The summed E-state index contributed by atoms with van der Waals surface area (Å²) in [4.78, 5) is 4.63. The van der Waals surface area contributed by atoms with Gasteiger partial charge in [0.25, 0.3) is 0 Å². The van der Waals surface area contributed by atoms with Crippen molar-refractivity contribution in [3.63, 3.8) is 0 Å². The Balaban J connectivity index is 1.76. The zero-order chi connectivity index (χ0) is 19.8. The van der Waals surface area contributed by atoms with Gasteiger partial charge in [-0.15, -0.1) is 0 Å². The normalized spacial score (nSPS) is 24.9. The molecule has 1 fully saturated rings. The Morgan fingerprint density at radius 1 is 1.07 bits per heavy atom. The van der Waals surface area contributed by atoms with Crippen LogP contribution in [0.25, 0.3) is 11.0 Å². The minimum Gasteiger partial charge on any atom is -0.394 e. The quantitative estimate of drug-likeness (QED) is 0.527. The zero-order valence-electron chi connectivity index (χ0n) is 14.6. The minimum absolute atomic E-state index is 0.349. The number of rotatable bonds is 5. The van der Waals surface area contributed by atoms with E-state index in [0.29, 0.717) is 32.0 Å².